The van der Waals surface area contributed by atoms with Crippen LogP contribution in [0.2, 0.25) is 0 Å². The highest BCUT2D eigenvalue weighted by Gasteiger charge is 2.19. The molecule has 0 heterocycles. The first-order chi connectivity index (χ1) is 16.7. The van der Waals surface area contributed by atoms with E-state index in [0.717, 1.165) is 22.4 Å². The SMILES string of the molecule is Cc1ccc(C(=O)N(CCNC(=O)Nc2c(C(C)C)cccc2C(C)C)c2ccc(F)cc2)cc1. The fraction of sp³-hybridized carbons (Fsp3) is 0.310. The fourth-order valence-corrected chi connectivity index (χ4v) is 3.96. The first-order valence-electron chi connectivity index (χ1n) is 12.0. The van der Waals surface area contributed by atoms with Crippen molar-refractivity contribution in [2.75, 3.05) is 23.3 Å². The van der Waals surface area contributed by atoms with Gasteiger partial charge in [-0.15, -0.1) is 0 Å². The molecule has 184 valence electrons. The van der Waals surface area contributed by atoms with Gasteiger partial charge in [-0.3, -0.25) is 4.79 Å². The van der Waals surface area contributed by atoms with Crippen molar-refractivity contribution in [1.82, 2.24) is 5.32 Å². The fourth-order valence-electron chi connectivity index (χ4n) is 3.96. The number of benzene rings is 3. The Bertz CT molecular complexity index is 1130. The van der Waals surface area contributed by atoms with Gasteiger partial charge in [0.1, 0.15) is 5.82 Å². The lowest BCUT2D eigenvalue weighted by Gasteiger charge is -2.24. The number of para-hydroxylation sites is 1. The molecule has 2 N–H and O–H groups in total. The van der Waals surface area contributed by atoms with Gasteiger partial charge in [0.15, 0.2) is 0 Å². The third kappa shape index (κ3) is 6.69. The summed E-state index contributed by atoms with van der Waals surface area (Å²) >= 11 is 0. The largest absolute Gasteiger partial charge is 0.336 e. The second kappa shape index (κ2) is 11.6. The average molecular weight is 476 g/mol. The number of rotatable bonds is 8. The highest BCUT2D eigenvalue weighted by Crippen LogP contribution is 2.32. The Morgan fingerprint density at radius 2 is 1.43 bits per heavy atom. The van der Waals surface area contributed by atoms with Gasteiger partial charge >= 0.3 is 6.03 Å². The molecular formula is C29H34FN3O2. The van der Waals surface area contributed by atoms with Crippen LogP contribution >= 0.6 is 0 Å². The van der Waals surface area contributed by atoms with E-state index >= 15 is 0 Å². The maximum atomic E-state index is 13.5. The smallest absolute Gasteiger partial charge is 0.319 e. The molecule has 6 heteroatoms. The van der Waals surface area contributed by atoms with E-state index in [0.29, 0.717) is 11.3 Å². The van der Waals surface area contributed by atoms with Gasteiger partial charge in [-0.05, 0) is 66.3 Å². The van der Waals surface area contributed by atoms with E-state index in [1.165, 1.54) is 12.1 Å². The molecule has 0 atom stereocenters. The number of hydrogen-bond acceptors (Lipinski definition) is 2. The zero-order valence-electron chi connectivity index (χ0n) is 21.1. The van der Waals surface area contributed by atoms with Gasteiger partial charge in [0.05, 0.1) is 0 Å². The van der Waals surface area contributed by atoms with Crippen molar-refractivity contribution < 1.29 is 14.0 Å². The summed E-state index contributed by atoms with van der Waals surface area (Å²) in [6.07, 6.45) is 0. The Kier molecular flexibility index (Phi) is 8.63. The minimum atomic E-state index is -0.376. The van der Waals surface area contributed by atoms with Crippen LogP contribution in [0.3, 0.4) is 0 Å². The molecular weight excluding hydrogens is 441 g/mol. The summed E-state index contributed by atoms with van der Waals surface area (Å²) in [7, 11) is 0. The number of urea groups is 1. The molecule has 0 fully saturated rings. The third-order valence-corrected chi connectivity index (χ3v) is 5.91. The summed E-state index contributed by atoms with van der Waals surface area (Å²) in [5, 5.41) is 5.90. The summed E-state index contributed by atoms with van der Waals surface area (Å²) in [5.41, 5.74) is 5.13. The lowest BCUT2D eigenvalue weighted by molar-refractivity contribution is 0.0987. The van der Waals surface area contributed by atoms with Crippen LogP contribution in [-0.2, 0) is 0 Å². The van der Waals surface area contributed by atoms with E-state index < -0.39 is 0 Å². The standard InChI is InChI=1S/C29H34FN3O2/c1-19(2)25-7-6-8-26(20(3)4)27(25)32-29(35)31-17-18-33(24-15-13-23(30)14-16-24)28(34)22-11-9-21(5)10-12-22/h6-16,19-20H,17-18H2,1-5H3,(H2,31,32,35). The minimum absolute atomic E-state index is 0.217. The average Bonchev–Trinajstić information content (AvgIpc) is 2.82. The number of halogens is 1. The predicted octanol–water partition coefficient (Wildman–Crippen LogP) is 6.85. The molecule has 0 aromatic heterocycles. The Labute approximate surface area is 207 Å². The molecule has 0 aliphatic carbocycles. The molecule has 0 unspecified atom stereocenters. The maximum absolute atomic E-state index is 13.5. The summed E-state index contributed by atoms with van der Waals surface area (Å²) in [6, 6.07) is 18.8. The van der Waals surface area contributed by atoms with Gasteiger partial charge in [-0.25, -0.2) is 9.18 Å². The van der Waals surface area contributed by atoms with Gasteiger partial charge in [-0.1, -0.05) is 63.6 Å². The van der Waals surface area contributed by atoms with Gasteiger partial charge in [-0.2, -0.15) is 0 Å². The number of aryl methyl sites for hydroxylation is 1. The van der Waals surface area contributed by atoms with E-state index in [4.69, 9.17) is 0 Å². The van der Waals surface area contributed by atoms with Crippen molar-refractivity contribution in [3.63, 3.8) is 0 Å². The highest BCUT2D eigenvalue weighted by atomic mass is 19.1. The second-order valence-electron chi connectivity index (χ2n) is 9.30. The van der Waals surface area contributed by atoms with Gasteiger partial charge in [0, 0.05) is 30.0 Å². The Balaban J connectivity index is 1.74. The zero-order chi connectivity index (χ0) is 25.5. The first-order valence-corrected chi connectivity index (χ1v) is 12.0. The van der Waals surface area contributed by atoms with E-state index in [2.05, 4.69) is 38.3 Å². The van der Waals surface area contributed by atoms with Crippen molar-refractivity contribution >= 4 is 23.3 Å². The number of nitrogens with zero attached hydrogens (tertiary/aromatic N) is 1. The quantitative estimate of drug-likeness (QED) is 0.374. The summed E-state index contributed by atoms with van der Waals surface area (Å²) in [4.78, 5) is 27.6. The molecule has 3 amide bonds. The van der Waals surface area contributed by atoms with Gasteiger partial charge in [0.25, 0.3) is 5.91 Å². The van der Waals surface area contributed by atoms with Crippen molar-refractivity contribution in [3.05, 3.63) is 94.8 Å². The van der Waals surface area contributed by atoms with Crippen LogP contribution in [0.15, 0.2) is 66.7 Å². The van der Waals surface area contributed by atoms with Crippen molar-refractivity contribution in [1.29, 1.82) is 0 Å². The van der Waals surface area contributed by atoms with Gasteiger partial charge in [0.2, 0.25) is 0 Å². The normalized spacial score (nSPS) is 11.0. The van der Waals surface area contributed by atoms with Crippen LogP contribution in [-0.4, -0.2) is 25.0 Å². The van der Waals surface area contributed by atoms with E-state index in [1.54, 1.807) is 29.2 Å². The second-order valence-corrected chi connectivity index (χ2v) is 9.30. The number of nitrogens with one attached hydrogen (secondary N) is 2. The molecule has 0 radical (unpaired) electrons. The van der Waals surface area contributed by atoms with Crippen LogP contribution in [0, 0.1) is 12.7 Å². The van der Waals surface area contributed by atoms with Crippen LogP contribution in [0.25, 0.3) is 0 Å². The molecule has 0 saturated carbocycles. The number of anilines is 2. The van der Waals surface area contributed by atoms with Crippen LogP contribution < -0.4 is 15.5 Å². The van der Waals surface area contributed by atoms with Crippen molar-refractivity contribution in [3.8, 4) is 0 Å². The molecule has 0 aliphatic heterocycles. The van der Waals surface area contributed by atoms with Gasteiger partial charge < -0.3 is 15.5 Å². The Morgan fingerprint density at radius 1 is 0.857 bits per heavy atom. The molecule has 3 aromatic carbocycles. The molecule has 0 spiro atoms. The maximum Gasteiger partial charge on any atom is 0.319 e. The molecule has 35 heavy (non-hydrogen) atoms. The van der Waals surface area contributed by atoms with E-state index in [1.807, 2.05) is 37.3 Å². The number of carbonyl (C=O) groups is 2. The molecule has 0 bridgehead atoms. The molecule has 5 nitrogen and oxygen atoms in total. The summed E-state index contributed by atoms with van der Waals surface area (Å²) < 4.78 is 13.5. The van der Waals surface area contributed by atoms with Crippen LogP contribution in [0.1, 0.15) is 66.6 Å². The Hall–Kier alpha value is -3.67. The highest BCUT2D eigenvalue weighted by molar-refractivity contribution is 6.06. The topological polar surface area (TPSA) is 61.4 Å². The van der Waals surface area contributed by atoms with Crippen molar-refractivity contribution in [2.45, 2.75) is 46.5 Å². The predicted molar refractivity (Wildman–Crippen MR) is 141 cm³/mol. The number of hydrogen-bond donors (Lipinski definition) is 2. The van der Waals surface area contributed by atoms with E-state index in [9.17, 15) is 14.0 Å². The summed E-state index contributed by atoms with van der Waals surface area (Å²) in [5.74, 6) is -0.0833. The van der Waals surface area contributed by atoms with E-state index in [-0.39, 0.29) is 42.7 Å². The lowest BCUT2D eigenvalue weighted by Crippen LogP contribution is -2.40. The molecule has 0 saturated heterocycles. The minimum Gasteiger partial charge on any atom is -0.336 e. The number of amides is 3. The molecule has 3 rings (SSSR count). The first kappa shape index (κ1) is 25.9. The number of carbonyl (C=O) groups excluding carboxylic acids is 2. The Morgan fingerprint density at radius 3 is 1.97 bits per heavy atom. The molecule has 0 aliphatic rings. The summed E-state index contributed by atoms with van der Waals surface area (Å²) in [6.45, 7) is 10.8. The van der Waals surface area contributed by atoms with Crippen LogP contribution in [0.5, 0.6) is 0 Å². The zero-order valence-corrected chi connectivity index (χ0v) is 21.1. The molecule has 3 aromatic rings. The van der Waals surface area contributed by atoms with Crippen LogP contribution in [0.4, 0.5) is 20.6 Å². The third-order valence-electron chi connectivity index (χ3n) is 5.91. The van der Waals surface area contributed by atoms with Crippen molar-refractivity contribution in [2.24, 2.45) is 0 Å². The lowest BCUT2D eigenvalue weighted by atomic mass is 9.93. The monoisotopic (exact) mass is 475 g/mol.